The molecule has 0 atom stereocenters. The SMILES string of the molecule is CSc1nc(N2CC3(CCc4sc(N)c(C#N)c43)C2)c2c(N)n[nH]c2n1. The van der Waals surface area contributed by atoms with Gasteiger partial charge in [-0.25, -0.2) is 9.97 Å². The summed E-state index contributed by atoms with van der Waals surface area (Å²) in [5, 5.41) is 18.6. The number of hydrogen-bond acceptors (Lipinski definition) is 9. The van der Waals surface area contributed by atoms with Crippen molar-refractivity contribution >= 4 is 50.8 Å². The van der Waals surface area contributed by atoms with Crippen LogP contribution in [-0.2, 0) is 11.8 Å². The summed E-state index contributed by atoms with van der Waals surface area (Å²) in [5.41, 5.74) is 14.6. The summed E-state index contributed by atoms with van der Waals surface area (Å²) in [6, 6.07) is 2.31. The Bertz CT molecular complexity index is 1090. The monoisotopic (exact) mass is 384 g/mol. The molecule has 1 fully saturated rings. The van der Waals surface area contributed by atoms with E-state index in [0.717, 1.165) is 42.7 Å². The Morgan fingerprint density at radius 2 is 2.15 bits per heavy atom. The van der Waals surface area contributed by atoms with E-state index in [1.165, 1.54) is 16.6 Å². The van der Waals surface area contributed by atoms with Crippen molar-refractivity contribution in [1.29, 1.82) is 5.26 Å². The minimum Gasteiger partial charge on any atom is -0.389 e. The van der Waals surface area contributed by atoms with Crippen molar-refractivity contribution in [1.82, 2.24) is 20.2 Å². The van der Waals surface area contributed by atoms with Crippen LogP contribution in [0.4, 0.5) is 16.6 Å². The van der Waals surface area contributed by atoms with Crippen LogP contribution >= 0.6 is 23.1 Å². The summed E-state index contributed by atoms with van der Waals surface area (Å²) in [7, 11) is 0. The number of nitrogen functional groups attached to an aromatic ring is 2. The maximum absolute atomic E-state index is 9.54. The van der Waals surface area contributed by atoms with Gasteiger partial charge in [0.25, 0.3) is 0 Å². The predicted molar refractivity (Wildman–Crippen MR) is 104 cm³/mol. The molecule has 5 rings (SSSR count). The molecule has 0 unspecified atom stereocenters. The van der Waals surface area contributed by atoms with Gasteiger partial charge in [0.05, 0.1) is 5.56 Å². The van der Waals surface area contributed by atoms with Gasteiger partial charge in [0.2, 0.25) is 0 Å². The molecule has 3 aromatic heterocycles. The molecule has 1 aliphatic carbocycles. The number of nitrogens with two attached hydrogens (primary N) is 2. The van der Waals surface area contributed by atoms with Gasteiger partial charge in [-0.1, -0.05) is 11.8 Å². The second-order valence-corrected chi connectivity index (χ2v) is 8.66. The summed E-state index contributed by atoms with van der Waals surface area (Å²) < 4.78 is 0. The smallest absolute Gasteiger partial charge is 0.191 e. The highest BCUT2D eigenvalue weighted by atomic mass is 32.2. The number of anilines is 3. The molecule has 1 spiro atoms. The molecule has 0 aromatic carbocycles. The maximum atomic E-state index is 9.54. The van der Waals surface area contributed by atoms with Crippen molar-refractivity contribution in [3.8, 4) is 6.07 Å². The van der Waals surface area contributed by atoms with Crippen LogP contribution in [0.15, 0.2) is 5.16 Å². The van der Waals surface area contributed by atoms with Gasteiger partial charge in [0.15, 0.2) is 16.6 Å². The number of nitrogens with zero attached hydrogens (tertiary/aromatic N) is 5. The van der Waals surface area contributed by atoms with Gasteiger partial charge in [0.1, 0.15) is 22.3 Å². The van der Waals surface area contributed by atoms with E-state index in [1.54, 1.807) is 11.3 Å². The van der Waals surface area contributed by atoms with Crippen LogP contribution in [0.2, 0.25) is 0 Å². The number of nitriles is 1. The number of thioether (sulfide) groups is 1. The fourth-order valence-electron chi connectivity index (χ4n) is 4.21. The molecule has 0 amide bonds. The lowest BCUT2D eigenvalue weighted by Gasteiger charge is -2.49. The minimum atomic E-state index is -0.0101. The van der Waals surface area contributed by atoms with Gasteiger partial charge in [-0.05, 0) is 24.7 Å². The molecule has 0 saturated carbocycles. The van der Waals surface area contributed by atoms with Crippen LogP contribution < -0.4 is 16.4 Å². The second kappa shape index (κ2) is 5.25. The number of H-pyrrole nitrogens is 1. The Kier molecular flexibility index (Phi) is 3.17. The Labute approximate surface area is 157 Å². The Balaban J connectivity index is 1.56. The molecule has 132 valence electrons. The number of nitrogens with one attached hydrogen (secondary N) is 1. The minimum absolute atomic E-state index is 0.0101. The second-order valence-electron chi connectivity index (χ2n) is 6.75. The zero-order valence-electron chi connectivity index (χ0n) is 14.0. The highest BCUT2D eigenvalue weighted by Gasteiger charge is 2.52. The van der Waals surface area contributed by atoms with E-state index in [-0.39, 0.29) is 5.41 Å². The first-order valence-electron chi connectivity index (χ1n) is 8.18. The van der Waals surface area contributed by atoms with Gasteiger partial charge in [0, 0.05) is 23.4 Å². The number of hydrogen-bond donors (Lipinski definition) is 3. The molecular weight excluding hydrogens is 368 g/mol. The lowest BCUT2D eigenvalue weighted by atomic mass is 9.74. The fraction of sp³-hybridized carbons (Fsp3) is 0.375. The van der Waals surface area contributed by atoms with Crippen LogP contribution in [0.1, 0.15) is 22.4 Å². The van der Waals surface area contributed by atoms with Gasteiger partial charge >= 0.3 is 0 Å². The predicted octanol–water partition coefficient (Wildman–Crippen LogP) is 1.88. The highest BCUT2D eigenvalue weighted by molar-refractivity contribution is 7.98. The zero-order chi connectivity index (χ0) is 18.1. The number of aryl methyl sites for hydroxylation is 1. The molecule has 10 heteroatoms. The molecule has 1 aliphatic heterocycles. The lowest BCUT2D eigenvalue weighted by molar-refractivity contribution is 0.327. The first-order chi connectivity index (χ1) is 12.6. The van der Waals surface area contributed by atoms with Gasteiger partial charge in [-0.3, -0.25) is 5.10 Å². The van der Waals surface area contributed by atoms with E-state index in [1.807, 2.05) is 6.26 Å². The number of aromatic amines is 1. The van der Waals surface area contributed by atoms with Crippen molar-refractivity contribution in [2.45, 2.75) is 23.4 Å². The highest BCUT2D eigenvalue weighted by Crippen LogP contribution is 2.52. The van der Waals surface area contributed by atoms with Crippen LogP contribution in [0.25, 0.3) is 11.0 Å². The first-order valence-corrected chi connectivity index (χ1v) is 10.2. The van der Waals surface area contributed by atoms with Gasteiger partial charge < -0.3 is 16.4 Å². The molecule has 8 nitrogen and oxygen atoms in total. The standard InChI is InChI=1S/C16H16N8S2/c1-25-15-20-13-9(11(18)22-23-13)14(21-15)24-5-16(6-24)3-2-8-10(16)7(4-17)12(19)26-8/h2-3,5-6,19H2,1H3,(H3,18,20,21,22,23). The largest absolute Gasteiger partial charge is 0.389 e. The normalized spacial score (nSPS) is 17.5. The zero-order valence-corrected chi connectivity index (χ0v) is 15.7. The molecule has 0 bridgehead atoms. The quantitative estimate of drug-likeness (QED) is 0.450. The van der Waals surface area contributed by atoms with Crippen LogP contribution in [0.3, 0.4) is 0 Å². The molecule has 26 heavy (non-hydrogen) atoms. The summed E-state index contributed by atoms with van der Waals surface area (Å²) in [4.78, 5) is 12.6. The summed E-state index contributed by atoms with van der Waals surface area (Å²) in [6.45, 7) is 1.60. The topological polar surface area (TPSA) is 134 Å². The average molecular weight is 384 g/mol. The van der Waals surface area contributed by atoms with Crippen molar-refractivity contribution in [2.24, 2.45) is 0 Å². The van der Waals surface area contributed by atoms with Crippen molar-refractivity contribution in [3.63, 3.8) is 0 Å². The van der Waals surface area contributed by atoms with E-state index in [9.17, 15) is 5.26 Å². The Morgan fingerprint density at radius 3 is 2.88 bits per heavy atom. The van der Waals surface area contributed by atoms with Crippen LogP contribution in [0.5, 0.6) is 0 Å². The maximum Gasteiger partial charge on any atom is 0.191 e. The lowest BCUT2D eigenvalue weighted by Crippen LogP contribution is -2.59. The summed E-state index contributed by atoms with van der Waals surface area (Å²) in [5.74, 6) is 1.22. The Morgan fingerprint density at radius 1 is 1.35 bits per heavy atom. The summed E-state index contributed by atoms with van der Waals surface area (Å²) >= 11 is 3.05. The molecule has 1 saturated heterocycles. The number of rotatable bonds is 2. The number of thiophene rings is 1. The van der Waals surface area contributed by atoms with Crippen LogP contribution in [0, 0.1) is 11.3 Å². The van der Waals surface area contributed by atoms with E-state index in [2.05, 4.69) is 31.1 Å². The first kappa shape index (κ1) is 15.7. The van der Waals surface area contributed by atoms with E-state index in [4.69, 9.17) is 11.5 Å². The third-order valence-electron chi connectivity index (χ3n) is 5.36. The van der Waals surface area contributed by atoms with Crippen molar-refractivity contribution in [3.05, 3.63) is 16.0 Å². The molecule has 0 radical (unpaired) electrons. The average Bonchev–Trinajstić information content (AvgIpc) is 3.25. The molecule has 5 N–H and O–H groups in total. The molecule has 4 heterocycles. The fourth-order valence-corrected chi connectivity index (χ4v) is 5.71. The van der Waals surface area contributed by atoms with Gasteiger partial charge in [-0.15, -0.1) is 11.3 Å². The van der Waals surface area contributed by atoms with Crippen molar-refractivity contribution in [2.75, 3.05) is 35.7 Å². The summed E-state index contributed by atoms with van der Waals surface area (Å²) in [6.07, 6.45) is 3.98. The molecular formula is C16H16N8S2. The van der Waals surface area contributed by atoms with Crippen molar-refractivity contribution < 1.29 is 0 Å². The van der Waals surface area contributed by atoms with E-state index >= 15 is 0 Å². The Hall–Kier alpha value is -2.51. The molecule has 2 aliphatic rings. The molecule has 3 aromatic rings. The third-order valence-corrected chi connectivity index (χ3v) is 6.98. The number of fused-ring (bicyclic) bond motifs is 3. The number of aromatic nitrogens is 4. The van der Waals surface area contributed by atoms with Gasteiger partial charge in [-0.2, -0.15) is 10.4 Å². The van der Waals surface area contributed by atoms with Crippen LogP contribution in [-0.4, -0.2) is 39.5 Å². The van der Waals surface area contributed by atoms with E-state index in [0.29, 0.717) is 27.2 Å². The van der Waals surface area contributed by atoms with E-state index < -0.39 is 0 Å². The third kappa shape index (κ3) is 1.92.